The van der Waals surface area contributed by atoms with Crippen LogP contribution < -0.4 is 10.1 Å². The van der Waals surface area contributed by atoms with E-state index in [2.05, 4.69) is 5.32 Å². The molecule has 1 aliphatic rings. The monoisotopic (exact) mass is 468 g/mol. The normalized spacial score (nSPS) is 16.3. The number of hydrogen-bond donors (Lipinski definition) is 1. The number of benzene rings is 2. The van der Waals surface area contributed by atoms with Gasteiger partial charge in [-0.2, -0.15) is 0 Å². The van der Waals surface area contributed by atoms with Crippen molar-refractivity contribution in [1.29, 1.82) is 0 Å². The number of hydrogen-bond acceptors (Lipinski definition) is 9. The number of ketones is 1. The summed E-state index contributed by atoms with van der Waals surface area (Å²) in [4.78, 5) is 49.9. The first-order valence-corrected chi connectivity index (χ1v) is 10.5. The molecule has 0 bridgehead atoms. The van der Waals surface area contributed by atoms with E-state index >= 15 is 0 Å². The Labute approximate surface area is 195 Å². The van der Waals surface area contributed by atoms with E-state index in [9.17, 15) is 24.5 Å². The summed E-state index contributed by atoms with van der Waals surface area (Å²) in [5.74, 6) is -1.74. The molecule has 0 radical (unpaired) electrons. The fourth-order valence-corrected chi connectivity index (χ4v) is 3.63. The summed E-state index contributed by atoms with van der Waals surface area (Å²) in [7, 11) is 1.50. The van der Waals surface area contributed by atoms with Gasteiger partial charge >= 0.3 is 11.9 Å². The van der Waals surface area contributed by atoms with E-state index in [-0.39, 0.29) is 24.5 Å². The molecule has 0 unspecified atom stereocenters. The topological polar surface area (TPSA) is 134 Å². The quantitative estimate of drug-likeness (QED) is 0.194. The summed E-state index contributed by atoms with van der Waals surface area (Å²) in [6.45, 7) is 3.18. The minimum atomic E-state index is -2.06. The van der Waals surface area contributed by atoms with Crippen LogP contribution in [0.4, 0.5) is 5.69 Å². The highest BCUT2D eigenvalue weighted by Gasteiger charge is 2.54. The van der Waals surface area contributed by atoms with Crippen LogP contribution in [0.15, 0.2) is 60.2 Å². The highest BCUT2D eigenvalue weighted by Crippen LogP contribution is 2.37. The number of nitro groups is 1. The van der Waals surface area contributed by atoms with Crippen molar-refractivity contribution in [3.8, 4) is 5.75 Å². The molecule has 0 fully saturated rings. The minimum absolute atomic E-state index is 0.000529. The van der Waals surface area contributed by atoms with Gasteiger partial charge in [-0.1, -0.05) is 12.1 Å². The maximum absolute atomic E-state index is 13.5. The summed E-state index contributed by atoms with van der Waals surface area (Å²) < 4.78 is 15.4. The third-order valence-electron chi connectivity index (χ3n) is 5.30. The second-order valence-corrected chi connectivity index (χ2v) is 7.33. The molecule has 3 rings (SSSR count). The highest BCUT2D eigenvalue weighted by molar-refractivity contribution is 6.15. The zero-order valence-electron chi connectivity index (χ0n) is 18.9. The molecule has 10 nitrogen and oxygen atoms in total. The molecule has 2 aromatic carbocycles. The van der Waals surface area contributed by atoms with Crippen molar-refractivity contribution in [3.05, 3.63) is 81.4 Å². The maximum Gasteiger partial charge on any atom is 0.342 e. The van der Waals surface area contributed by atoms with E-state index in [1.807, 2.05) is 0 Å². The van der Waals surface area contributed by atoms with Gasteiger partial charge in [-0.15, -0.1) is 0 Å². The van der Waals surface area contributed by atoms with Gasteiger partial charge in [0.05, 0.1) is 31.3 Å². The summed E-state index contributed by atoms with van der Waals surface area (Å²) in [6, 6.07) is 10.9. The number of nitrogens with one attached hydrogen (secondary N) is 1. The van der Waals surface area contributed by atoms with Crippen molar-refractivity contribution in [2.45, 2.75) is 25.4 Å². The Morgan fingerprint density at radius 1 is 0.971 bits per heavy atom. The van der Waals surface area contributed by atoms with Crippen molar-refractivity contribution >= 4 is 23.4 Å². The van der Waals surface area contributed by atoms with Crippen LogP contribution in [0.25, 0.3) is 0 Å². The SMILES string of the molecule is CCOC(=O)C1(C(=O)OCC)C=C(C(=O)c2ccc(OC)cc2)[C@@H](c2ccc([N+](=O)[O-])cc2)N1. The number of methoxy groups -OCH3 is 1. The Kier molecular flexibility index (Phi) is 7.42. The Morgan fingerprint density at radius 3 is 2.00 bits per heavy atom. The Hall–Kier alpha value is -4.05. The number of non-ortho nitro benzene ring substituents is 1. The van der Waals surface area contributed by atoms with Gasteiger partial charge in [0.1, 0.15) is 5.75 Å². The van der Waals surface area contributed by atoms with Gasteiger partial charge in [-0.25, -0.2) is 9.59 Å². The van der Waals surface area contributed by atoms with Crippen molar-refractivity contribution in [1.82, 2.24) is 5.32 Å². The molecule has 0 amide bonds. The van der Waals surface area contributed by atoms with Crippen LogP contribution in [-0.4, -0.2) is 48.5 Å². The average Bonchev–Trinajstić information content (AvgIpc) is 3.26. The summed E-state index contributed by atoms with van der Waals surface area (Å²) in [5.41, 5.74) is -1.37. The van der Waals surface area contributed by atoms with Crippen molar-refractivity contribution in [3.63, 3.8) is 0 Å². The van der Waals surface area contributed by atoms with Crippen LogP contribution in [0.2, 0.25) is 0 Å². The molecule has 0 aromatic heterocycles. The van der Waals surface area contributed by atoms with Gasteiger partial charge in [0.25, 0.3) is 5.69 Å². The zero-order valence-corrected chi connectivity index (χ0v) is 18.9. The summed E-state index contributed by atoms with van der Waals surface area (Å²) >= 11 is 0. The first kappa shape index (κ1) is 24.6. The lowest BCUT2D eigenvalue weighted by Gasteiger charge is -2.26. The number of Topliss-reactive ketones (excluding diaryl/α,β-unsaturated/α-hetero) is 1. The van der Waals surface area contributed by atoms with Crippen LogP contribution in [-0.2, 0) is 19.1 Å². The van der Waals surface area contributed by atoms with E-state index in [0.717, 1.165) is 0 Å². The second kappa shape index (κ2) is 10.3. The Balaban J connectivity index is 2.13. The lowest BCUT2D eigenvalue weighted by atomic mass is 9.93. The van der Waals surface area contributed by atoms with Crippen LogP contribution in [0.1, 0.15) is 35.8 Å². The molecule has 1 atom stereocenters. The molecule has 10 heteroatoms. The maximum atomic E-state index is 13.5. The number of esters is 2. The number of ether oxygens (including phenoxy) is 3. The minimum Gasteiger partial charge on any atom is -0.497 e. The molecule has 1 heterocycles. The van der Waals surface area contributed by atoms with Crippen LogP contribution in [0, 0.1) is 10.1 Å². The van der Waals surface area contributed by atoms with Gasteiger partial charge in [0, 0.05) is 23.3 Å². The van der Waals surface area contributed by atoms with Gasteiger partial charge in [-0.3, -0.25) is 20.2 Å². The first-order valence-electron chi connectivity index (χ1n) is 10.5. The third-order valence-corrected chi connectivity index (χ3v) is 5.30. The number of nitrogens with zero attached hydrogens (tertiary/aromatic N) is 1. The van der Waals surface area contributed by atoms with E-state index in [1.54, 1.807) is 38.1 Å². The lowest BCUT2D eigenvalue weighted by Crippen LogP contribution is -2.56. The number of carbonyl (C=O) groups is 3. The van der Waals surface area contributed by atoms with Crippen molar-refractivity contribution in [2.24, 2.45) is 0 Å². The van der Waals surface area contributed by atoms with E-state index in [1.165, 1.54) is 37.5 Å². The van der Waals surface area contributed by atoms with Gasteiger partial charge < -0.3 is 14.2 Å². The van der Waals surface area contributed by atoms with E-state index < -0.39 is 34.2 Å². The van der Waals surface area contributed by atoms with E-state index in [0.29, 0.717) is 16.9 Å². The standard InChI is InChI=1S/C24H24N2O8/c1-4-33-22(28)24(23(29)34-5-2)14-19(21(27)16-8-12-18(32-3)13-9-16)20(25-24)15-6-10-17(11-7-15)26(30)31/h6-14,20,25H,4-5H2,1-3H3/t20-/m1/s1. The van der Waals surface area contributed by atoms with Crippen LogP contribution in [0.3, 0.4) is 0 Å². The molecule has 0 saturated heterocycles. The van der Waals surface area contributed by atoms with Crippen molar-refractivity contribution in [2.75, 3.05) is 20.3 Å². The zero-order chi connectivity index (χ0) is 24.9. The molecule has 0 saturated carbocycles. The summed E-state index contributed by atoms with van der Waals surface area (Å²) in [6.07, 6.45) is 1.22. The average molecular weight is 468 g/mol. The second-order valence-electron chi connectivity index (χ2n) is 7.33. The summed E-state index contributed by atoms with van der Waals surface area (Å²) in [5, 5.41) is 14.0. The molecule has 2 aromatic rings. The number of nitro benzene ring substituents is 1. The largest absolute Gasteiger partial charge is 0.497 e. The predicted octanol–water partition coefficient (Wildman–Crippen LogP) is 2.92. The van der Waals surface area contributed by atoms with Gasteiger partial charge in [0.2, 0.25) is 5.54 Å². The molecule has 34 heavy (non-hydrogen) atoms. The van der Waals surface area contributed by atoms with Crippen LogP contribution >= 0.6 is 0 Å². The Bertz CT molecular complexity index is 1100. The molecular formula is C24H24N2O8. The molecule has 178 valence electrons. The molecule has 1 N–H and O–H groups in total. The highest BCUT2D eigenvalue weighted by atomic mass is 16.6. The van der Waals surface area contributed by atoms with Gasteiger partial charge in [0.15, 0.2) is 5.78 Å². The molecular weight excluding hydrogens is 444 g/mol. The molecule has 0 spiro atoms. The number of rotatable bonds is 9. The van der Waals surface area contributed by atoms with Crippen LogP contribution in [0.5, 0.6) is 5.75 Å². The molecule has 1 aliphatic heterocycles. The van der Waals surface area contributed by atoms with Gasteiger partial charge in [-0.05, 0) is 49.8 Å². The van der Waals surface area contributed by atoms with E-state index in [4.69, 9.17) is 14.2 Å². The number of carbonyl (C=O) groups excluding carboxylic acids is 3. The smallest absolute Gasteiger partial charge is 0.342 e. The third kappa shape index (κ3) is 4.67. The fourth-order valence-electron chi connectivity index (χ4n) is 3.63. The van der Waals surface area contributed by atoms with Crippen molar-refractivity contribution < 1.29 is 33.5 Å². The fraction of sp³-hybridized carbons (Fsp3) is 0.292. The molecule has 0 aliphatic carbocycles. The predicted molar refractivity (Wildman–Crippen MR) is 120 cm³/mol. The first-order chi connectivity index (χ1) is 16.3. The Morgan fingerprint density at radius 2 is 1.53 bits per heavy atom. The lowest BCUT2D eigenvalue weighted by molar-refractivity contribution is -0.384.